The van der Waals surface area contributed by atoms with Crippen molar-refractivity contribution < 1.29 is 19.5 Å². The van der Waals surface area contributed by atoms with Gasteiger partial charge in [0.1, 0.15) is 0 Å². The second-order valence-electron chi connectivity index (χ2n) is 5.45. The Morgan fingerprint density at radius 2 is 1.53 bits per heavy atom. The van der Waals surface area contributed by atoms with Crippen molar-refractivity contribution in [2.75, 3.05) is 6.54 Å². The normalized spacial score (nSPS) is 26.5. The van der Waals surface area contributed by atoms with E-state index >= 15 is 0 Å². The summed E-state index contributed by atoms with van der Waals surface area (Å²) < 4.78 is 0. The van der Waals surface area contributed by atoms with Gasteiger partial charge in [-0.15, -0.1) is 0 Å². The highest BCUT2D eigenvalue weighted by Gasteiger charge is 2.30. The monoisotopic (exact) mass is 268 g/mol. The molecule has 2 saturated carbocycles. The maximum Gasteiger partial charge on any atom is 0.306 e. The lowest BCUT2D eigenvalue weighted by atomic mass is 9.81. The standard InChI is InChI=1S/C13H20N2O4/c16-11(15-10-5-6-10)7-14-12(17)8-1-3-9(4-2-8)13(18)19/h8-10H,1-7H2,(H,14,17)(H,15,16)(H,18,19). The largest absolute Gasteiger partial charge is 0.481 e. The van der Waals surface area contributed by atoms with Gasteiger partial charge in [-0.3, -0.25) is 14.4 Å². The molecule has 106 valence electrons. The number of rotatable bonds is 5. The van der Waals surface area contributed by atoms with E-state index in [2.05, 4.69) is 10.6 Å². The highest BCUT2D eigenvalue weighted by atomic mass is 16.4. The first-order valence-electron chi connectivity index (χ1n) is 6.86. The van der Waals surface area contributed by atoms with E-state index in [0.717, 1.165) is 12.8 Å². The quantitative estimate of drug-likeness (QED) is 0.667. The summed E-state index contributed by atoms with van der Waals surface area (Å²) in [6.45, 7) is 0.0220. The number of carboxylic acids is 1. The van der Waals surface area contributed by atoms with Crippen LogP contribution < -0.4 is 10.6 Å². The van der Waals surface area contributed by atoms with Gasteiger partial charge in [0.2, 0.25) is 11.8 Å². The molecule has 6 nitrogen and oxygen atoms in total. The average molecular weight is 268 g/mol. The zero-order valence-corrected chi connectivity index (χ0v) is 10.9. The molecule has 0 saturated heterocycles. The molecule has 0 bridgehead atoms. The van der Waals surface area contributed by atoms with Crippen LogP contribution in [0.5, 0.6) is 0 Å². The van der Waals surface area contributed by atoms with Crippen LogP contribution in [0.1, 0.15) is 38.5 Å². The fourth-order valence-corrected chi connectivity index (χ4v) is 2.42. The zero-order valence-electron chi connectivity index (χ0n) is 10.9. The van der Waals surface area contributed by atoms with Gasteiger partial charge >= 0.3 is 5.97 Å². The van der Waals surface area contributed by atoms with Gasteiger partial charge < -0.3 is 15.7 Å². The Bertz CT molecular complexity index is 371. The molecule has 2 rings (SSSR count). The highest BCUT2D eigenvalue weighted by molar-refractivity contribution is 5.86. The number of amides is 2. The molecule has 0 atom stereocenters. The third kappa shape index (κ3) is 4.22. The number of nitrogens with one attached hydrogen (secondary N) is 2. The molecule has 0 spiro atoms. The molecule has 0 radical (unpaired) electrons. The molecule has 2 aliphatic carbocycles. The Morgan fingerprint density at radius 3 is 2.05 bits per heavy atom. The number of carbonyl (C=O) groups excluding carboxylic acids is 2. The lowest BCUT2D eigenvalue weighted by Crippen LogP contribution is -2.41. The summed E-state index contributed by atoms with van der Waals surface area (Å²) in [5, 5.41) is 14.3. The molecule has 0 aliphatic heterocycles. The van der Waals surface area contributed by atoms with Crippen molar-refractivity contribution in [2.45, 2.75) is 44.6 Å². The predicted molar refractivity (Wildman–Crippen MR) is 67.3 cm³/mol. The van der Waals surface area contributed by atoms with E-state index in [1.54, 1.807) is 0 Å². The van der Waals surface area contributed by atoms with Crippen molar-refractivity contribution in [2.24, 2.45) is 11.8 Å². The summed E-state index contributed by atoms with van der Waals surface area (Å²) in [4.78, 5) is 34.1. The summed E-state index contributed by atoms with van der Waals surface area (Å²) in [7, 11) is 0. The van der Waals surface area contributed by atoms with Crippen LogP contribution >= 0.6 is 0 Å². The predicted octanol–water partition coefficient (Wildman–Crippen LogP) is 0.272. The van der Waals surface area contributed by atoms with Crippen LogP contribution in [-0.2, 0) is 14.4 Å². The van der Waals surface area contributed by atoms with E-state index in [1.165, 1.54) is 0 Å². The zero-order chi connectivity index (χ0) is 13.8. The molecule has 3 N–H and O–H groups in total. The molecule has 2 amide bonds. The van der Waals surface area contributed by atoms with Crippen molar-refractivity contribution in [3.05, 3.63) is 0 Å². The minimum atomic E-state index is -0.775. The fraction of sp³-hybridized carbons (Fsp3) is 0.769. The molecule has 6 heteroatoms. The summed E-state index contributed by atoms with van der Waals surface area (Å²) in [5.41, 5.74) is 0. The summed E-state index contributed by atoms with van der Waals surface area (Å²) in [5.74, 6) is -1.51. The SMILES string of the molecule is O=C(CNC(=O)C1CCC(C(=O)O)CC1)NC1CC1. The third-order valence-electron chi connectivity index (χ3n) is 3.81. The maximum atomic E-state index is 11.8. The van der Waals surface area contributed by atoms with Crippen LogP contribution in [0.4, 0.5) is 0 Å². The maximum absolute atomic E-state index is 11.8. The van der Waals surface area contributed by atoms with Crippen LogP contribution in [0.2, 0.25) is 0 Å². The van der Waals surface area contributed by atoms with Gasteiger partial charge in [-0.25, -0.2) is 0 Å². The van der Waals surface area contributed by atoms with E-state index in [-0.39, 0.29) is 30.2 Å². The number of carbonyl (C=O) groups is 3. The molecule has 0 aromatic carbocycles. The Hall–Kier alpha value is -1.59. The van der Waals surface area contributed by atoms with Crippen LogP contribution in [0.3, 0.4) is 0 Å². The first-order chi connectivity index (χ1) is 9.06. The van der Waals surface area contributed by atoms with Crippen LogP contribution in [0, 0.1) is 11.8 Å². The van der Waals surface area contributed by atoms with Gasteiger partial charge in [0.15, 0.2) is 0 Å². The van der Waals surface area contributed by atoms with Crippen molar-refractivity contribution in [3.63, 3.8) is 0 Å². The van der Waals surface area contributed by atoms with Gasteiger partial charge in [-0.05, 0) is 38.5 Å². The van der Waals surface area contributed by atoms with Crippen molar-refractivity contribution in [3.8, 4) is 0 Å². The minimum absolute atomic E-state index is 0.0220. The van der Waals surface area contributed by atoms with Crippen molar-refractivity contribution >= 4 is 17.8 Å². The fourth-order valence-electron chi connectivity index (χ4n) is 2.42. The van der Waals surface area contributed by atoms with Crippen LogP contribution in [0.25, 0.3) is 0 Å². The van der Waals surface area contributed by atoms with Gasteiger partial charge in [-0.2, -0.15) is 0 Å². The van der Waals surface area contributed by atoms with Crippen LogP contribution in [-0.4, -0.2) is 35.5 Å². The molecule has 0 aromatic rings. The van der Waals surface area contributed by atoms with E-state index in [1.807, 2.05) is 0 Å². The Morgan fingerprint density at radius 1 is 0.947 bits per heavy atom. The third-order valence-corrected chi connectivity index (χ3v) is 3.81. The molecule has 19 heavy (non-hydrogen) atoms. The Labute approximate surface area is 111 Å². The Kier molecular flexibility index (Phi) is 4.39. The topological polar surface area (TPSA) is 95.5 Å². The van der Waals surface area contributed by atoms with Crippen molar-refractivity contribution in [1.29, 1.82) is 0 Å². The molecule has 0 heterocycles. The van der Waals surface area contributed by atoms with Gasteiger partial charge in [0, 0.05) is 12.0 Å². The Balaban J connectivity index is 1.66. The smallest absolute Gasteiger partial charge is 0.306 e. The van der Waals surface area contributed by atoms with E-state index in [9.17, 15) is 14.4 Å². The second-order valence-corrected chi connectivity index (χ2v) is 5.45. The number of hydrogen-bond acceptors (Lipinski definition) is 3. The molecule has 2 fully saturated rings. The lowest BCUT2D eigenvalue weighted by Gasteiger charge is -2.25. The van der Waals surface area contributed by atoms with E-state index < -0.39 is 5.97 Å². The van der Waals surface area contributed by atoms with E-state index in [0.29, 0.717) is 31.7 Å². The average Bonchev–Trinajstić information content (AvgIpc) is 3.20. The molecular formula is C13H20N2O4. The molecular weight excluding hydrogens is 248 g/mol. The molecule has 2 aliphatic rings. The van der Waals surface area contributed by atoms with Gasteiger partial charge in [0.25, 0.3) is 0 Å². The van der Waals surface area contributed by atoms with Gasteiger partial charge in [0.05, 0.1) is 12.5 Å². The summed E-state index contributed by atoms with van der Waals surface area (Å²) in [6, 6.07) is 0.301. The summed E-state index contributed by atoms with van der Waals surface area (Å²) in [6.07, 6.45) is 4.32. The first kappa shape index (κ1) is 13.8. The highest BCUT2D eigenvalue weighted by Crippen LogP contribution is 2.28. The lowest BCUT2D eigenvalue weighted by molar-refractivity contribution is -0.144. The van der Waals surface area contributed by atoms with Crippen LogP contribution in [0.15, 0.2) is 0 Å². The number of aliphatic carboxylic acids is 1. The van der Waals surface area contributed by atoms with Crippen molar-refractivity contribution in [1.82, 2.24) is 10.6 Å². The molecule has 0 unspecified atom stereocenters. The van der Waals surface area contributed by atoms with Gasteiger partial charge in [-0.1, -0.05) is 0 Å². The summed E-state index contributed by atoms with van der Waals surface area (Å²) >= 11 is 0. The number of hydrogen-bond donors (Lipinski definition) is 3. The number of carboxylic acid groups (broad SMARTS) is 1. The first-order valence-corrected chi connectivity index (χ1v) is 6.86. The van der Waals surface area contributed by atoms with E-state index in [4.69, 9.17) is 5.11 Å². The second kappa shape index (κ2) is 6.04. The molecule has 0 aromatic heterocycles. The minimum Gasteiger partial charge on any atom is -0.481 e.